The summed E-state index contributed by atoms with van der Waals surface area (Å²) in [6, 6.07) is 10.6. The first-order valence-corrected chi connectivity index (χ1v) is 4.66. The molecule has 0 unspecified atom stereocenters. The highest BCUT2D eigenvalue weighted by molar-refractivity contribution is 5.40. The van der Waals surface area contributed by atoms with E-state index in [4.69, 9.17) is 0 Å². The van der Waals surface area contributed by atoms with Gasteiger partial charge < -0.3 is 0 Å². The number of benzene rings is 1. The lowest BCUT2D eigenvalue weighted by Crippen LogP contribution is -2.40. The second-order valence-corrected chi connectivity index (χ2v) is 3.82. The molecule has 0 N–H and O–H groups in total. The zero-order valence-corrected chi connectivity index (χ0v) is 8.53. The highest BCUT2D eigenvalue weighted by atomic mass is 15.3. The second kappa shape index (κ2) is 4.24. The fourth-order valence-corrected chi connectivity index (χ4v) is 1.37. The van der Waals surface area contributed by atoms with E-state index >= 15 is 0 Å². The Kier molecular flexibility index (Phi) is 3.26. The van der Waals surface area contributed by atoms with E-state index in [9.17, 15) is 0 Å². The van der Waals surface area contributed by atoms with Gasteiger partial charge in [-0.3, -0.25) is 4.48 Å². The Labute approximate surface area is 80.9 Å². The SMILES string of the molecule is C=CCC[N+](C)(C)c1ccccc1. The molecule has 1 nitrogen and oxygen atoms in total. The number of rotatable bonds is 4. The minimum absolute atomic E-state index is 0.923. The fraction of sp³-hybridized carbons (Fsp3) is 0.333. The van der Waals surface area contributed by atoms with Gasteiger partial charge in [0.05, 0.1) is 20.6 Å². The van der Waals surface area contributed by atoms with Gasteiger partial charge in [0.1, 0.15) is 5.69 Å². The van der Waals surface area contributed by atoms with E-state index in [0.717, 1.165) is 17.4 Å². The Morgan fingerprint density at radius 3 is 2.38 bits per heavy atom. The lowest BCUT2D eigenvalue weighted by molar-refractivity contribution is 0.406. The van der Waals surface area contributed by atoms with E-state index in [2.05, 4.69) is 51.0 Å². The molecule has 1 aromatic carbocycles. The van der Waals surface area contributed by atoms with Crippen molar-refractivity contribution in [1.82, 2.24) is 4.48 Å². The van der Waals surface area contributed by atoms with Crippen LogP contribution in [0.15, 0.2) is 43.0 Å². The van der Waals surface area contributed by atoms with Gasteiger partial charge in [0.25, 0.3) is 0 Å². The van der Waals surface area contributed by atoms with Gasteiger partial charge in [-0.05, 0) is 12.1 Å². The first-order valence-electron chi connectivity index (χ1n) is 4.66. The van der Waals surface area contributed by atoms with Crippen molar-refractivity contribution in [2.75, 3.05) is 20.6 Å². The summed E-state index contributed by atoms with van der Waals surface area (Å²) in [6.07, 6.45) is 3.03. The van der Waals surface area contributed by atoms with Crippen LogP contribution in [0.4, 0.5) is 5.69 Å². The summed E-state index contributed by atoms with van der Waals surface area (Å²) < 4.78 is 0.923. The summed E-state index contributed by atoms with van der Waals surface area (Å²) in [4.78, 5) is 0. The van der Waals surface area contributed by atoms with Crippen LogP contribution in [-0.2, 0) is 0 Å². The molecular weight excluding hydrogens is 158 g/mol. The number of nitrogens with zero attached hydrogens (tertiary/aromatic N) is 1. The number of para-hydroxylation sites is 1. The molecule has 70 valence electrons. The molecule has 0 atom stereocenters. The molecule has 0 aromatic heterocycles. The molecule has 0 radical (unpaired) electrons. The van der Waals surface area contributed by atoms with Gasteiger partial charge in [-0.15, -0.1) is 6.58 Å². The Balaban J connectivity index is 2.74. The lowest BCUT2D eigenvalue weighted by atomic mass is 10.2. The minimum atomic E-state index is 0.923. The van der Waals surface area contributed by atoms with Gasteiger partial charge in [0.15, 0.2) is 0 Å². The number of quaternary nitrogens is 1. The van der Waals surface area contributed by atoms with Gasteiger partial charge in [-0.25, -0.2) is 0 Å². The maximum atomic E-state index is 3.75. The van der Waals surface area contributed by atoms with E-state index in [1.165, 1.54) is 5.69 Å². The normalized spacial score (nSPS) is 11.2. The number of hydrogen-bond acceptors (Lipinski definition) is 0. The first kappa shape index (κ1) is 10.0. The number of hydrogen-bond donors (Lipinski definition) is 0. The van der Waals surface area contributed by atoms with E-state index < -0.39 is 0 Å². The summed E-state index contributed by atoms with van der Waals surface area (Å²) in [5.74, 6) is 0. The predicted molar refractivity (Wildman–Crippen MR) is 59.8 cm³/mol. The maximum absolute atomic E-state index is 3.75. The topological polar surface area (TPSA) is 0 Å². The van der Waals surface area contributed by atoms with Crippen LogP contribution < -0.4 is 4.48 Å². The van der Waals surface area contributed by atoms with Crippen LogP contribution in [0, 0.1) is 0 Å². The largest absolute Gasteiger partial charge is 0.296 e. The maximum Gasteiger partial charge on any atom is 0.132 e. The lowest BCUT2D eigenvalue weighted by Gasteiger charge is -2.28. The third kappa shape index (κ3) is 2.71. The Hall–Kier alpha value is -1.08. The van der Waals surface area contributed by atoms with E-state index in [1.807, 2.05) is 6.08 Å². The van der Waals surface area contributed by atoms with Gasteiger partial charge in [-0.2, -0.15) is 0 Å². The van der Waals surface area contributed by atoms with Crippen molar-refractivity contribution in [3.05, 3.63) is 43.0 Å². The average Bonchev–Trinajstić information content (AvgIpc) is 2.16. The van der Waals surface area contributed by atoms with Crippen molar-refractivity contribution >= 4 is 5.69 Å². The molecule has 0 saturated heterocycles. The Bertz CT molecular complexity index is 262. The summed E-state index contributed by atoms with van der Waals surface area (Å²) in [5.41, 5.74) is 1.35. The molecular formula is C12H18N+. The molecule has 0 aliphatic rings. The second-order valence-electron chi connectivity index (χ2n) is 3.82. The van der Waals surface area contributed by atoms with Crippen molar-refractivity contribution in [1.29, 1.82) is 0 Å². The molecule has 0 amide bonds. The summed E-state index contributed by atoms with van der Waals surface area (Å²) in [5, 5.41) is 0. The van der Waals surface area contributed by atoms with E-state index in [1.54, 1.807) is 0 Å². The molecule has 0 aliphatic carbocycles. The average molecular weight is 176 g/mol. The minimum Gasteiger partial charge on any atom is -0.296 e. The van der Waals surface area contributed by atoms with Gasteiger partial charge in [0, 0.05) is 6.42 Å². The highest BCUT2D eigenvalue weighted by Gasteiger charge is 2.16. The molecule has 0 spiro atoms. The van der Waals surface area contributed by atoms with Crippen LogP contribution in [0.5, 0.6) is 0 Å². The standard InChI is InChI=1S/C12H18N/c1-4-5-11-13(2,3)12-9-7-6-8-10-12/h4,6-10H,1,5,11H2,2-3H3/q+1. The van der Waals surface area contributed by atoms with E-state index in [-0.39, 0.29) is 0 Å². The molecule has 0 heterocycles. The van der Waals surface area contributed by atoms with Crippen LogP contribution in [0.2, 0.25) is 0 Å². The zero-order valence-electron chi connectivity index (χ0n) is 8.53. The predicted octanol–water partition coefficient (Wildman–Crippen LogP) is 2.83. The van der Waals surface area contributed by atoms with E-state index in [0.29, 0.717) is 0 Å². The third-order valence-electron chi connectivity index (χ3n) is 2.35. The van der Waals surface area contributed by atoms with Crippen molar-refractivity contribution < 1.29 is 0 Å². The Morgan fingerprint density at radius 1 is 1.23 bits per heavy atom. The Morgan fingerprint density at radius 2 is 1.85 bits per heavy atom. The third-order valence-corrected chi connectivity index (χ3v) is 2.35. The summed E-state index contributed by atoms with van der Waals surface area (Å²) >= 11 is 0. The highest BCUT2D eigenvalue weighted by Crippen LogP contribution is 2.17. The quantitative estimate of drug-likeness (QED) is 0.489. The molecule has 0 bridgehead atoms. The van der Waals surface area contributed by atoms with Crippen LogP contribution in [-0.4, -0.2) is 20.6 Å². The van der Waals surface area contributed by atoms with Gasteiger partial charge >= 0.3 is 0 Å². The van der Waals surface area contributed by atoms with Crippen LogP contribution in [0.1, 0.15) is 6.42 Å². The van der Waals surface area contributed by atoms with Gasteiger partial charge in [-0.1, -0.05) is 24.3 Å². The molecule has 1 rings (SSSR count). The summed E-state index contributed by atoms with van der Waals surface area (Å²) in [7, 11) is 4.44. The fourth-order valence-electron chi connectivity index (χ4n) is 1.37. The zero-order chi connectivity index (χ0) is 9.73. The molecule has 13 heavy (non-hydrogen) atoms. The molecule has 0 aliphatic heterocycles. The smallest absolute Gasteiger partial charge is 0.132 e. The molecule has 0 fully saturated rings. The monoisotopic (exact) mass is 176 g/mol. The van der Waals surface area contributed by atoms with Gasteiger partial charge in [0.2, 0.25) is 0 Å². The van der Waals surface area contributed by atoms with Crippen LogP contribution in [0.3, 0.4) is 0 Å². The van der Waals surface area contributed by atoms with Crippen molar-refractivity contribution in [3.63, 3.8) is 0 Å². The summed E-state index contributed by atoms with van der Waals surface area (Å²) in [6.45, 7) is 4.85. The van der Waals surface area contributed by atoms with Crippen molar-refractivity contribution in [3.8, 4) is 0 Å². The molecule has 0 saturated carbocycles. The molecule has 1 heteroatoms. The van der Waals surface area contributed by atoms with Crippen LogP contribution in [0.25, 0.3) is 0 Å². The van der Waals surface area contributed by atoms with Crippen molar-refractivity contribution in [2.45, 2.75) is 6.42 Å². The van der Waals surface area contributed by atoms with Crippen molar-refractivity contribution in [2.24, 2.45) is 0 Å². The van der Waals surface area contributed by atoms with Crippen LogP contribution >= 0.6 is 0 Å². The molecule has 1 aromatic rings. The first-order chi connectivity index (χ1) is 6.17.